The molecule has 2 rings (SSSR count). The molecule has 7 nitrogen and oxygen atoms in total. The van der Waals surface area contributed by atoms with Gasteiger partial charge < -0.3 is 19.9 Å². The number of nitrogens with zero attached hydrogens (tertiary/aromatic N) is 4. The smallest absolute Gasteiger partial charge is 0.191 e. The van der Waals surface area contributed by atoms with Gasteiger partial charge in [0.1, 0.15) is 12.4 Å². The Balaban J connectivity index is 0.00000242. The number of ether oxygens (including phenoxy) is 1. The standard InChI is InChI=1S/C14H26N6O.HI/c1-3-15-14(16-8-6-10-21-4-2)17-11-13-19-18-12-7-5-9-20(12)13;/h3-11H2,1-2H3,(H2,15,16,17);1H. The van der Waals surface area contributed by atoms with Crippen LogP contribution in [-0.4, -0.2) is 47.0 Å². The molecule has 1 aliphatic rings. The molecule has 0 unspecified atom stereocenters. The molecule has 22 heavy (non-hydrogen) atoms. The van der Waals surface area contributed by atoms with Crippen LogP contribution in [0.25, 0.3) is 0 Å². The van der Waals surface area contributed by atoms with Crippen molar-refractivity contribution in [3.05, 3.63) is 11.6 Å². The number of rotatable bonds is 8. The number of aromatic nitrogens is 3. The molecule has 0 spiro atoms. The van der Waals surface area contributed by atoms with Gasteiger partial charge in [0.25, 0.3) is 0 Å². The molecule has 1 aromatic heterocycles. The van der Waals surface area contributed by atoms with Crippen LogP contribution in [0.1, 0.15) is 38.3 Å². The van der Waals surface area contributed by atoms with Crippen LogP contribution in [0.4, 0.5) is 0 Å². The topological polar surface area (TPSA) is 76.4 Å². The second-order valence-electron chi connectivity index (χ2n) is 4.96. The summed E-state index contributed by atoms with van der Waals surface area (Å²) in [6.07, 6.45) is 3.17. The maximum Gasteiger partial charge on any atom is 0.191 e. The van der Waals surface area contributed by atoms with Gasteiger partial charge in [0.05, 0.1) is 0 Å². The monoisotopic (exact) mass is 422 g/mol. The first-order valence-electron chi connectivity index (χ1n) is 7.86. The van der Waals surface area contributed by atoms with Crippen molar-refractivity contribution in [1.82, 2.24) is 25.4 Å². The third-order valence-electron chi connectivity index (χ3n) is 3.37. The zero-order chi connectivity index (χ0) is 14.9. The number of aryl methyl sites for hydroxylation is 1. The fourth-order valence-electron chi connectivity index (χ4n) is 2.34. The first-order chi connectivity index (χ1) is 10.3. The number of halogens is 1. The van der Waals surface area contributed by atoms with Crippen molar-refractivity contribution in [1.29, 1.82) is 0 Å². The van der Waals surface area contributed by atoms with E-state index >= 15 is 0 Å². The van der Waals surface area contributed by atoms with Gasteiger partial charge in [0, 0.05) is 39.3 Å². The van der Waals surface area contributed by atoms with Crippen molar-refractivity contribution in [3.8, 4) is 0 Å². The minimum atomic E-state index is 0. The molecule has 2 N–H and O–H groups in total. The lowest BCUT2D eigenvalue weighted by Gasteiger charge is -2.11. The highest BCUT2D eigenvalue weighted by molar-refractivity contribution is 14.0. The van der Waals surface area contributed by atoms with E-state index in [0.717, 1.165) is 69.7 Å². The van der Waals surface area contributed by atoms with Crippen LogP contribution >= 0.6 is 24.0 Å². The minimum Gasteiger partial charge on any atom is -0.382 e. The predicted molar refractivity (Wildman–Crippen MR) is 97.7 cm³/mol. The van der Waals surface area contributed by atoms with E-state index < -0.39 is 0 Å². The Bertz CT molecular complexity index is 462. The predicted octanol–water partition coefficient (Wildman–Crippen LogP) is 1.32. The Morgan fingerprint density at radius 1 is 1.32 bits per heavy atom. The van der Waals surface area contributed by atoms with E-state index in [1.54, 1.807) is 0 Å². The molecule has 1 aromatic rings. The second-order valence-corrected chi connectivity index (χ2v) is 4.96. The molecule has 0 radical (unpaired) electrons. The van der Waals surface area contributed by atoms with Crippen LogP contribution in [0.2, 0.25) is 0 Å². The van der Waals surface area contributed by atoms with Gasteiger partial charge in [0.15, 0.2) is 11.8 Å². The maximum atomic E-state index is 5.32. The number of fused-ring (bicyclic) bond motifs is 1. The van der Waals surface area contributed by atoms with Gasteiger partial charge in [-0.05, 0) is 26.7 Å². The molecule has 0 fully saturated rings. The Labute approximate surface area is 149 Å². The molecule has 126 valence electrons. The second kappa shape index (κ2) is 10.8. The zero-order valence-corrected chi connectivity index (χ0v) is 15.8. The third kappa shape index (κ3) is 5.71. The average Bonchev–Trinajstić information content (AvgIpc) is 3.08. The minimum absolute atomic E-state index is 0. The summed E-state index contributed by atoms with van der Waals surface area (Å²) in [6.45, 7) is 8.90. The number of hydrogen-bond acceptors (Lipinski definition) is 4. The van der Waals surface area contributed by atoms with E-state index in [1.807, 2.05) is 6.92 Å². The number of nitrogens with one attached hydrogen (secondary N) is 2. The lowest BCUT2D eigenvalue weighted by molar-refractivity contribution is 0.145. The summed E-state index contributed by atoms with van der Waals surface area (Å²) in [5.41, 5.74) is 0. The van der Waals surface area contributed by atoms with Crippen molar-refractivity contribution >= 4 is 29.9 Å². The molecular weight excluding hydrogens is 395 g/mol. The molecule has 0 saturated carbocycles. The van der Waals surface area contributed by atoms with Crippen molar-refractivity contribution in [3.63, 3.8) is 0 Å². The zero-order valence-electron chi connectivity index (χ0n) is 13.5. The summed E-state index contributed by atoms with van der Waals surface area (Å²) in [5.74, 6) is 2.87. The SMILES string of the molecule is CCNC(=NCc1nnc2n1CCC2)NCCCOCC.I. The molecule has 0 aliphatic carbocycles. The van der Waals surface area contributed by atoms with Gasteiger partial charge in [-0.3, -0.25) is 0 Å². The van der Waals surface area contributed by atoms with Gasteiger partial charge >= 0.3 is 0 Å². The van der Waals surface area contributed by atoms with E-state index in [9.17, 15) is 0 Å². The van der Waals surface area contributed by atoms with Gasteiger partial charge in [-0.25, -0.2) is 4.99 Å². The molecule has 0 atom stereocenters. The summed E-state index contributed by atoms with van der Waals surface area (Å²) in [5, 5.41) is 15.0. The van der Waals surface area contributed by atoms with Crippen molar-refractivity contribution in [2.75, 3.05) is 26.3 Å². The molecule has 8 heteroatoms. The molecule has 2 heterocycles. The van der Waals surface area contributed by atoms with Crippen LogP contribution in [0, 0.1) is 0 Å². The van der Waals surface area contributed by atoms with Gasteiger partial charge in [0.2, 0.25) is 0 Å². The number of aliphatic imine (C=N–C) groups is 1. The number of hydrogen-bond donors (Lipinski definition) is 2. The lowest BCUT2D eigenvalue weighted by atomic mass is 10.4. The molecular formula is C14H27IN6O. The summed E-state index contributed by atoms with van der Waals surface area (Å²) < 4.78 is 7.51. The fraction of sp³-hybridized carbons (Fsp3) is 0.786. The highest BCUT2D eigenvalue weighted by Gasteiger charge is 2.16. The first kappa shape index (κ1) is 19.1. The summed E-state index contributed by atoms with van der Waals surface area (Å²) >= 11 is 0. The average molecular weight is 422 g/mol. The lowest BCUT2D eigenvalue weighted by Crippen LogP contribution is -2.38. The van der Waals surface area contributed by atoms with E-state index in [0.29, 0.717) is 6.54 Å². The van der Waals surface area contributed by atoms with Crippen molar-refractivity contribution in [2.24, 2.45) is 4.99 Å². The Morgan fingerprint density at radius 2 is 2.18 bits per heavy atom. The van der Waals surface area contributed by atoms with Gasteiger partial charge in [-0.2, -0.15) is 0 Å². The van der Waals surface area contributed by atoms with Crippen LogP contribution < -0.4 is 10.6 Å². The Hall–Kier alpha value is -0.900. The van der Waals surface area contributed by atoms with Crippen molar-refractivity contribution in [2.45, 2.75) is 46.2 Å². The first-order valence-corrected chi connectivity index (χ1v) is 7.86. The molecule has 0 bridgehead atoms. The van der Waals surface area contributed by atoms with Crippen molar-refractivity contribution < 1.29 is 4.74 Å². The fourth-order valence-corrected chi connectivity index (χ4v) is 2.34. The molecule has 0 saturated heterocycles. The van der Waals surface area contributed by atoms with Crippen LogP contribution in [0.5, 0.6) is 0 Å². The molecule has 0 aromatic carbocycles. The largest absolute Gasteiger partial charge is 0.382 e. The highest BCUT2D eigenvalue weighted by Crippen LogP contribution is 2.14. The summed E-state index contributed by atoms with van der Waals surface area (Å²) in [7, 11) is 0. The van der Waals surface area contributed by atoms with Gasteiger partial charge in [-0.1, -0.05) is 0 Å². The maximum absolute atomic E-state index is 5.32. The Morgan fingerprint density at radius 3 is 2.95 bits per heavy atom. The summed E-state index contributed by atoms with van der Waals surface area (Å²) in [6, 6.07) is 0. The van der Waals surface area contributed by atoms with Crippen LogP contribution in [0.3, 0.4) is 0 Å². The summed E-state index contributed by atoms with van der Waals surface area (Å²) in [4.78, 5) is 4.58. The van der Waals surface area contributed by atoms with Crippen LogP contribution in [0.15, 0.2) is 4.99 Å². The molecule has 0 amide bonds. The van der Waals surface area contributed by atoms with Gasteiger partial charge in [-0.15, -0.1) is 34.2 Å². The normalized spacial score (nSPS) is 13.6. The number of guanidine groups is 1. The van der Waals surface area contributed by atoms with E-state index in [-0.39, 0.29) is 24.0 Å². The Kier molecular flexibility index (Phi) is 9.37. The highest BCUT2D eigenvalue weighted by atomic mass is 127. The quantitative estimate of drug-likeness (QED) is 0.286. The van der Waals surface area contributed by atoms with E-state index in [4.69, 9.17) is 4.74 Å². The molecule has 1 aliphatic heterocycles. The van der Waals surface area contributed by atoms with Crippen LogP contribution in [-0.2, 0) is 24.2 Å². The third-order valence-corrected chi connectivity index (χ3v) is 3.37. The van der Waals surface area contributed by atoms with E-state index in [1.165, 1.54) is 0 Å². The van der Waals surface area contributed by atoms with E-state index in [2.05, 4.69) is 37.3 Å².